The number of carbonyl (C=O) groups is 1. The van der Waals surface area contributed by atoms with Gasteiger partial charge in [0, 0.05) is 0 Å². The molecule has 0 saturated carbocycles. The average Bonchev–Trinajstić information content (AvgIpc) is 2.47. The Bertz CT molecular complexity index is 545. The minimum absolute atomic E-state index is 0.0695. The number of carboxylic acids is 1. The average molecular weight is 398 g/mol. The van der Waals surface area contributed by atoms with Gasteiger partial charge in [0.2, 0.25) is 0 Å². The summed E-state index contributed by atoms with van der Waals surface area (Å²) in [6.07, 6.45) is 0.180. The number of halogens is 1. The molecule has 0 radical (unpaired) electrons. The molecule has 0 aliphatic heterocycles. The van der Waals surface area contributed by atoms with Crippen molar-refractivity contribution < 1.29 is 9.90 Å². The van der Waals surface area contributed by atoms with E-state index in [9.17, 15) is 4.79 Å². The number of benzene rings is 2. The van der Waals surface area contributed by atoms with Crippen LogP contribution >= 0.6 is 15.9 Å². The summed E-state index contributed by atoms with van der Waals surface area (Å²) in [5.74, 6) is -0.742. The molecule has 0 aliphatic rings. The van der Waals surface area contributed by atoms with Crippen molar-refractivity contribution in [3.8, 4) is 0 Å². The number of alkyl halides is 1. The van der Waals surface area contributed by atoms with E-state index in [0.29, 0.717) is 0 Å². The van der Waals surface area contributed by atoms with Gasteiger partial charge in [-0.1, -0.05) is 0 Å². The fourth-order valence-electron chi connectivity index (χ4n) is 1.90. The molecule has 2 aromatic rings. The zero-order valence-electron chi connectivity index (χ0n) is 10.8. The monoisotopic (exact) mass is 398 g/mol. The van der Waals surface area contributed by atoms with E-state index in [4.69, 9.17) is 5.11 Å². The first-order valence-electron chi connectivity index (χ1n) is 6.29. The standard InChI is InChI=1S/C16H15BrO2Se/c17-16(12-7-3-1-4-8-12)14(11-15(18)19)20-13-9-5-2-6-10-13/h1-10,14,16H,11H2,(H,18,19)/t14-,16+/m1/s1. The van der Waals surface area contributed by atoms with Crippen LogP contribution in [0.3, 0.4) is 0 Å². The summed E-state index contributed by atoms with van der Waals surface area (Å²) >= 11 is 3.81. The van der Waals surface area contributed by atoms with Crippen LogP contribution in [0.15, 0.2) is 60.7 Å². The van der Waals surface area contributed by atoms with Crippen LogP contribution in [0.4, 0.5) is 0 Å². The van der Waals surface area contributed by atoms with Crippen LogP contribution < -0.4 is 4.46 Å². The number of aliphatic carboxylic acids is 1. The summed E-state index contributed by atoms with van der Waals surface area (Å²) in [5.41, 5.74) is 1.14. The van der Waals surface area contributed by atoms with Crippen molar-refractivity contribution in [1.82, 2.24) is 0 Å². The van der Waals surface area contributed by atoms with E-state index < -0.39 is 5.97 Å². The second-order valence-corrected chi connectivity index (χ2v) is 8.12. The number of carboxylic acid groups (broad SMARTS) is 1. The van der Waals surface area contributed by atoms with Gasteiger partial charge in [-0.15, -0.1) is 0 Å². The van der Waals surface area contributed by atoms with Gasteiger partial charge in [0.15, 0.2) is 0 Å². The quantitative estimate of drug-likeness (QED) is 0.598. The van der Waals surface area contributed by atoms with Crippen LogP contribution in [0.25, 0.3) is 0 Å². The van der Waals surface area contributed by atoms with E-state index in [1.165, 1.54) is 4.46 Å². The van der Waals surface area contributed by atoms with E-state index >= 15 is 0 Å². The van der Waals surface area contributed by atoms with Gasteiger partial charge in [-0.25, -0.2) is 0 Å². The molecule has 0 heterocycles. The molecule has 0 saturated heterocycles. The summed E-state index contributed by atoms with van der Waals surface area (Å²) in [4.78, 5) is 11.3. The molecule has 0 bridgehead atoms. The third kappa shape index (κ3) is 4.48. The van der Waals surface area contributed by atoms with Gasteiger partial charge in [0.05, 0.1) is 0 Å². The zero-order valence-corrected chi connectivity index (χ0v) is 14.1. The third-order valence-corrected chi connectivity index (χ3v) is 7.50. The molecule has 0 amide bonds. The topological polar surface area (TPSA) is 37.3 Å². The molecule has 0 fully saturated rings. The Kier molecular flexibility index (Phi) is 5.84. The molecular formula is C16H15BrO2Se. The minimum atomic E-state index is -0.742. The maximum atomic E-state index is 11.1. The summed E-state index contributed by atoms with van der Waals surface area (Å²) in [7, 11) is 0. The van der Waals surface area contributed by atoms with Crippen molar-refractivity contribution >= 4 is 41.3 Å². The van der Waals surface area contributed by atoms with E-state index in [-0.39, 0.29) is 31.0 Å². The molecule has 0 aliphatic carbocycles. The van der Waals surface area contributed by atoms with E-state index in [1.54, 1.807) is 0 Å². The Morgan fingerprint density at radius 3 is 2.15 bits per heavy atom. The van der Waals surface area contributed by atoms with Crippen molar-refractivity contribution in [2.75, 3.05) is 0 Å². The van der Waals surface area contributed by atoms with Crippen molar-refractivity contribution in [1.29, 1.82) is 0 Å². The summed E-state index contributed by atoms with van der Waals surface area (Å²) in [6, 6.07) is 20.1. The molecule has 0 unspecified atom stereocenters. The van der Waals surface area contributed by atoms with Crippen LogP contribution in [0.1, 0.15) is 16.8 Å². The van der Waals surface area contributed by atoms with Crippen LogP contribution in [-0.2, 0) is 4.79 Å². The molecule has 2 rings (SSSR count). The third-order valence-electron chi connectivity index (χ3n) is 2.85. The first kappa shape index (κ1) is 15.3. The molecule has 0 aromatic heterocycles. The normalized spacial score (nSPS) is 13.7. The second-order valence-electron chi connectivity index (χ2n) is 4.38. The van der Waals surface area contributed by atoms with Gasteiger partial charge in [-0.05, 0) is 0 Å². The van der Waals surface area contributed by atoms with Gasteiger partial charge >= 0.3 is 134 Å². The van der Waals surface area contributed by atoms with Crippen LogP contribution in [0.2, 0.25) is 4.82 Å². The Morgan fingerprint density at radius 1 is 1.05 bits per heavy atom. The van der Waals surface area contributed by atoms with Gasteiger partial charge < -0.3 is 0 Å². The van der Waals surface area contributed by atoms with Crippen LogP contribution in [0.5, 0.6) is 0 Å². The van der Waals surface area contributed by atoms with E-state index in [0.717, 1.165) is 5.56 Å². The van der Waals surface area contributed by atoms with Crippen molar-refractivity contribution in [2.24, 2.45) is 0 Å². The molecule has 4 heteroatoms. The van der Waals surface area contributed by atoms with E-state index in [2.05, 4.69) is 28.1 Å². The van der Waals surface area contributed by atoms with Crippen molar-refractivity contribution in [3.63, 3.8) is 0 Å². The molecule has 0 spiro atoms. The first-order chi connectivity index (χ1) is 9.66. The SMILES string of the molecule is O=C(O)C[C@@H]([Se]c1ccccc1)[C@@H](Br)c1ccccc1. The Morgan fingerprint density at radius 2 is 1.60 bits per heavy atom. The molecule has 2 aromatic carbocycles. The van der Waals surface area contributed by atoms with Crippen molar-refractivity contribution in [3.05, 3.63) is 66.2 Å². The maximum absolute atomic E-state index is 11.1. The first-order valence-corrected chi connectivity index (χ1v) is 9.05. The predicted molar refractivity (Wildman–Crippen MR) is 85.9 cm³/mol. The zero-order chi connectivity index (χ0) is 14.4. The molecule has 1 N–H and O–H groups in total. The summed E-state index contributed by atoms with van der Waals surface area (Å²) in [5, 5.41) is 9.15. The van der Waals surface area contributed by atoms with Gasteiger partial charge in [0.1, 0.15) is 0 Å². The summed E-state index contributed by atoms with van der Waals surface area (Å²) in [6.45, 7) is 0. The Balaban J connectivity index is 2.17. The van der Waals surface area contributed by atoms with Crippen molar-refractivity contribution in [2.45, 2.75) is 16.1 Å². The van der Waals surface area contributed by atoms with Gasteiger partial charge in [-0.3, -0.25) is 0 Å². The molecule has 2 nitrogen and oxygen atoms in total. The Labute approximate surface area is 133 Å². The van der Waals surface area contributed by atoms with Gasteiger partial charge in [0.25, 0.3) is 0 Å². The second kappa shape index (κ2) is 7.63. The Hall–Kier alpha value is -1.09. The molecular weight excluding hydrogens is 383 g/mol. The fourth-order valence-corrected chi connectivity index (χ4v) is 5.40. The number of hydrogen-bond donors (Lipinski definition) is 1. The molecule has 2 atom stereocenters. The number of hydrogen-bond acceptors (Lipinski definition) is 1. The van der Waals surface area contributed by atoms with Crippen LogP contribution in [-0.4, -0.2) is 26.0 Å². The molecule has 20 heavy (non-hydrogen) atoms. The van der Waals surface area contributed by atoms with Gasteiger partial charge in [-0.2, -0.15) is 0 Å². The number of rotatable bonds is 6. The molecule has 104 valence electrons. The summed E-state index contributed by atoms with van der Waals surface area (Å²) < 4.78 is 1.23. The van der Waals surface area contributed by atoms with Crippen LogP contribution in [0, 0.1) is 0 Å². The van der Waals surface area contributed by atoms with E-state index in [1.807, 2.05) is 48.5 Å². The fraction of sp³-hybridized carbons (Fsp3) is 0.188. The predicted octanol–water partition coefficient (Wildman–Crippen LogP) is 3.42.